The second-order valence-corrected chi connectivity index (χ2v) is 7.09. The zero-order chi connectivity index (χ0) is 18.4. The second-order valence-electron chi connectivity index (χ2n) is 7.09. The molecule has 0 spiro atoms. The summed E-state index contributed by atoms with van der Waals surface area (Å²) >= 11 is 0. The predicted molar refractivity (Wildman–Crippen MR) is 104 cm³/mol. The van der Waals surface area contributed by atoms with Gasteiger partial charge in [0.05, 0.1) is 13.2 Å². The van der Waals surface area contributed by atoms with Gasteiger partial charge in [-0.2, -0.15) is 0 Å². The third kappa shape index (κ3) is 5.19. The molecule has 0 saturated carbocycles. The van der Waals surface area contributed by atoms with E-state index in [4.69, 9.17) is 9.84 Å². The van der Waals surface area contributed by atoms with E-state index in [9.17, 15) is 4.79 Å². The molecule has 0 radical (unpaired) electrons. The molecule has 2 aromatic carbocycles. The average Bonchev–Trinajstić information content (AvgIpc) is 2.65. The largest absolute Gasteiger partial charge is 0.494 e. The second kappa shape index (κ2) is 9.01. The summed E-state index contributed by atoms with van der Waals surface area (Å²) in [4.78, 5) is 15.2. The number of hydrogen-bond acceptors (Lipinski definition) is 4. The Morgan fingerprint density at radius 3 is 2.65 bits per heavy atom. The van der Waals surface area contributed by atoms with Crippen LogP contribution in [0.25, 0.3) is 10.8 Å². The van der Waals surface area contributed by atoms with Crippen LogP contribution in [-0.2, 0) is 4.79 Å². The summed E-state index contributed by atoms with van der Waals surface area (Å²) in [7, 11) is 1.91. The van der Waals surface area contributed by atoms with Gasteiger partial charge < -0.3 is 14.7 Å². The summed E-state index contributed by atoms with van der Waals surface area (Å²) in [6, 6.07) is 14.9. The first kappa shape index (κ1) is 18.7. The van der Waals surface area contributed by atoms with Crippen LogP contribution in [0.3, 0.4) is 0 Å². The normalized spacial score (nSPS) is 16.2. The lowest BCUT2D eigenvalue weighted by atomic mass is 10.0. The Labute approximate surface area is 155 Å². The van der Waals surface area contributed by atoms with Crippen molar-refractivity contribution >= 4 is 16.7 Å². The smallest absolute Gasteiger partial charge is 0.317 e. The number of carboxylic acid groups (broad SMARTS) is 1. The molecule has 0 unspecified atom stereocenters. The number of likely N-dealkylation sites (tertiary alicyclic amines) is 1. The molecule has 0 aromatic heterocycles. The number of likely N-dealkylation sites (N-methyl/N-ethyl adjacent to an activating group) is 1. The van der Waals surface area contributed by atoms with Crippen molar-refractivity contribution in [1.29, 1.82) is 0 Å². The first-order valence-corrected chi connectivity index (χ1v) is 9.38. The topological polar surface area (TPSA) is 53.0 Å². The van der Waals surface area contributed by atoms with Crippen molar-refractivity contribution in [3.63, 3.8) is 0 Å². The van der Waals surface area contributed by atoms with E-state index >= 15 is 0 Å². The number of ether oxygens (including phenoxy) is 1. The fourth-order valence-electron chi connectivity index (χ4n) is 3.66. The van der Waals surface area contributed by atoms with E-state index < -0.39 is 5.97 Å². The number of hydrogen-bond donors (Lipinski definition) is 1. The first-order chi connectivity index (χ1) is 12.6. The zero-order valence-electron chi connectivity index (χ0n) is 15.4. The highest BCUT2D eigenvalue weighted by Crippen LogP contribution is 2.21. The lowest BCUT2D eigenvalue weighted by molar-refractivity contribution is -0.138. The van der Waals surface area contributed by atoms with Crippen LogP contribution in [0.4, 0.5) is 0 Å². The van der Waals surface area contributed by atoms with Crippen LogP contribution in [0.15, 0.2) is 42.5 Å². The van der Waals surface area contributed by atoms with Crippen molar-refractivity contribution in [3.8, 4) is 5.75 Å². The molecule has 1 aliphatic rings. The van der Waals surface area contributed by atoms with Gasteiger partial charge in [-0.25, -0.2) is 0 Å². The van der Waals surface area contributed by atoms with E-state index in [1.807, 2.05) is 30.1 Å². The molecule has 2 aromatic rings. The van der Waals surface area contributed by atoms with Crippen LogP contribution in [0.5, 0.6) is 5.75 Å². The fourth-order valence-corrected chi connectivity index (χ4v) is 3.66. The van der Waals surface area contributed by atoms with E-state index in [0.717, 1.165) is 51.3 Å². The fraction of sp³-hybridized carbons (Fsp3) is 0.476. The van der Waals surface area contributed by atoms with Gasteiger partial charge in [-0.05, 0) is 62.3 Å². The molecule has 1 N–H and O–H groups in total. The summed E-state index contributed by atoms with van der Waals surface area (Å²) < 4.78 is 5.91. The Balaban J connectivity index is 1.36. The van der Waals surface area contributed by atoms with Gasteiger partial charge >= 0.3 is 5.97 Å². The van der Waals surface area contributed by atoms with Crippen LogP contribution < -0.4 is 4.74 Å². The number of rotatable bonds is 8. The van der Waals surface area contributed by atoms with Gasteiger partial charge in [-0.3, -0.25) is 9.69 Å². The van der Waals surface area contributed by atoms with E-state index in [1.54, 1.807) is 0 Å². The van der Waals surface area contributed by atoms with Crippen LogP contribution in [0.2, 0.25) is 0 Å². The van der Waals surface area contributed by atoms with Crippen molar-refractivity contribution < 1.29 is 14.6 Å². The summed E-state index contributed by atoms with van der Waals surface area (Å²) in [5.74, 6) is 0.179. The Hall–Kier alpha value is -2.11. The Morgan fingerprint density at radius 2 is 1.92 bits per heavy atom. The molecule has 0 amide bonds. The Bertz CT molecular complexity index is 726. The Morgan fingerprint density at radius 1 is 1.19 bits per heavy atom. The highest BCUT2D eigenvalue weighted by molar-refractivity contribution is 5.83. The summed E-state index contributed by atoms with van der Waals surface area (Å²) in [5.41, 5.74) is 0. The predicted octanol–water partition coefficient (Wildman–Crippen LogP) is 3.09. The van der Waals surface area contributed by atoms with Gasteiger partial charge in [0.15, 0.2) is 0 Å². The lowest BCUT2D eigenvalue weighted by Gasteiger charge is -2.36. The maximum absolute atomic E-state index is 10.8. The number of fused-ring (bicyclic) bond motifs is 1. The standard InChI is InChI=1S/C21H28N2O3/c1-22(16-21(24)25)19-9-12-23(13-10-19)11-4-14-26-20-8-7-17-5-2-3-6-18(17)15-20/h2-3,5-8,15,19H,4,9-14,16H2,1H3,(H,24,25). The molecular weight excluding hydrogens is 328 g/mol. The summed E-state index contributed by atoms with van der Waals surface area (Å²) in [6.45, 7) is 3.94. The van der Waals surface area contributed by atoms with Crippen LogP contribution in [0, 0.1) is 0 Å². The maximum atomic E-state index is 10.8. The molecule has 1 saturated heterocycles. The van der Waals surface area contributed by atoms with Crippen LogP contribution in [-0.4, -0.2) is 66.8 Å². The molecule has 0 atom stereocenters. The number of nitrogens with zero attached hydrogens (tertiary/aromatic N) is 2. The Kier molecular flexibility index (Phi) is 6.47. The van der Waals surface area contributed by atoms with Crippen molar-refractivity contribution in [1.82, 2.24) is 9.80 Å². The van der Waals surface area contributed by atoms with Gasteiger partial charge in [0.1, 0.15) is 5.75 Å². The van der Waals surface area contributed by atoms with E-state index in [1.165, 1.54) is 10.8 Å². The van der Waals surface area contributed by atoms with E-state index in [-0.39, 0.29) is 6.54 Å². The van der Waals surface area contributed by atoms with Crippen molar-refractivity contribution in [3.05, 3.63) is 42.5 Å². The average molecular weight is 356 g/mol. The van der Waals surface area contributed by atoms with Gasteiger partial charge in [0.2, 0.25) is 0 Å². The lowest BCUT2D eigenvalue weighted by Crippen LogP contribution is -2.45. The number of carbonyl (C=O) groups is 1. The van der Waals surface area contributed by atoms with Crippen molar-refractivity contribution in [2.75, 3.05) is 39.8 Å². The molecule has 5 nitrogen and oxygen atoms in total. The number of piperidine rings is 1. The molecule has 1 aliphatic heterocycles. The third-order valence-corrected chi connectivity index (χ3v) is 5.17. The molecule has 3 rings (SSSR count). The summed E-state index contributed by atoms with van der Waals surface area (Å²) in [6.07, 6.45) is 3.08. The maximum Gasteiger partial charge on any atom is 0.317 e. The molecule has 1 heterocycles. The third-order valence-electron chi connectivity index (χ3n) is 5.17. The van der Waals surface area contributed by atoms with E-state index in [0.29, 0.717) is 6.04 Å². The van der Waals surface area contributed by atoms with Gasteiger partial charge in [-0.1, -0.05) is 30.3 Å². The van der Waals surface area contributed by atoms with Gasteiger partial charge in [0.25, 0.3) is 0 Å². The van der Waals surface area contributed by atoms with Gasteiger partial charge in [0, 0.05) is 12.6 Å². The molecular formula is C21H28N2O3. The molecule has 0 aliphatic carbocycles. The molecule has 0 bridgehead atoms. The minimum atomic E-state index is -0.749. The van der Waals surface area contributed by atoms with Gasteiger partial charge in [-0.15, -0.1) is 0 Å². The van der Waals surface area contributed by atoms with Crippen molar-refractivity contribution in [2.45, 2.75) is 25.3 Å². The number of aliphatic carboxylic acids is 1. The van der Waals surface area contributed by atoms with Crippen LogP contribution in [0.1, 0.15) is 19.3 Å². The van der Waals surface area contributed by atoms with E-state index in [2.05, 4.69) is 29.2 Å². The molecule has 1 fully saturated rings. The quantitative estimate of drug-likeness (QED) is 0.737. The SMILES string of the molecule is CN(CC(=O)O)C1CCN(CCCOc2ccc3ccccc3c2)CC1. The molecule has 26 heavy (non-hydrogen) atoms. The molecule has 140 valence electrons. The first-order valence-electron chi connectivity index (χ1n) is 9.38. The number of carboxylic acids is 1. The summed E-state index contributed by atoms with van der Waals surface area (Å²) in [5, 5.41) is 11.3. The van der Waals surface area contributed by atoms with Crippen molar-refractivity contribution in [2.24, 2.45) is 0 Å². The monoisotopic (exact) mass is 356 g/mol. The minimum absolute atomic E-state index is 0.129. The highest BCUT2D eigenvalue weighted by Gasteiger charge is 2.23. The highest BCUT2D eigenvalue weighted by atomic mass is 16.5. The van der Waals surface area contributed by atoms with Crippen LogP contribution >= 0.6 is 0 Å². The zero-order valence-corrected chi connectivity index (χ0v) is 15.4. The minimum Gasteiger partial charge on any atom is -0.494 e. The molecule has 5 heteroatoms. The number of benzene rings is 2.